The van der Waals surface area contributed by atoms with Crippen LogP contribution >= 0.6 is 0 Å². The number of carbonyl (C=O) groups excluding carboxylic acids is 3. The van der Waals surface area contributed by atoms with Gasteiger partial charge in [0.15, 0.2) is 6.61 Å². The molecule has 0 saturated carbocycles. The molecule has 2 aromatic carbocycles. The number of nitrogens with zero attached hydrogens (tertiary/aromatic N) is 1. The summed E-state index contributed by atoms with van der Waals surface area (Å²) in [6, 6.07) is 14.2. The van der Waals surface area contributed by atoms with Crippen molar-refractivity contribution in [3.63, 3.8) is 0 Å². The van der Waals surface area contributed by atoms with Gasteiger partial charge in [0.25, 0.3) is 5.91 Å². The lowest BCUT2D eigenvalue weighted by atomic mass is 9.93. The number of benzene rings is 2. The maximum Gasteiger partial charge on any atom is 0.339 e. The molecule has 2 aromatic rings. The van der Waals surface area contributed by atoms with Gasteiger partial charge >= 0.3 is 11.9 Å². The standard InChI is InChI=1S/C22H23NO5/c1-3-23(4-2)20(24)14-27-21(25)16-10-11-18-17(12-16)13-19(28-22(18)26)15-8-6-5-7-9-15/h5-12,19H,3-4,13-14H2,1-2H3/t19-/m0/s1. The van der Waals surface area contributed by atoms with Gasteiger partial charge in [0, 0.05) is 19.5 Å². The van der Waals surface area contributed by atoms with Gasteiger partial charge in [-0.3, -0.25) is 4.79 Å². The molecule has 0 aromatic heterocycles. The number of hydrogen-bond acceptors (Lipinski definition) is 5. The molecule has 0 N–H and O–H groups in total. The van der Waals surface area contributed by atoms with Gasteiger partial charge in [-0.2, -0.15) is 0 Å². The zero-order valence-corrected chi connectivity index (χ0v) is 16.0. The van der Waals surface area contributed by atoms with Crippen LogP contribution in [0.4, 0.5) is 0 Å². The van der Waals surface area contributed by atoms with E-state index in [-0.39, 0.29) is 12.5 Å². The summed E-state index contributed by atoms with van der Waals surface area (Å²) in [5.41, 5.74) is 2.39. The number of hydrogen-bond donors (Lipinski definition) is 0. The molecule has 1 amide bonds. The largest absolute Gasteiger partial charge is 0.454 e. The third-order valence-electron chi connectivity index (χ3n) is 4.83. The molecule has 3 rings (SSSR count). The summed E-state index contributed by atoms with van der Waals surface area (Å²) in [5.74, 6) is -1.23. The second-order valence-corrected chi connectivity index (χ2v) is 6.52. The van der Waals surface area contributed by atoms with Crippen LogP contribution in [0.3, 0.4) is 0 Å². The van der Waals surface area contributed by atoms with Crippen molar-refractivity contribution >= 4 is 17.8 Å². The third-order valence-corrected chi connectivity index (χ3v) is 4.83. The number of cyclic esters (lactones) is 1. The minimum Gasteiger partial charge on any atom is -0.454 e. The summed E-state index contributed by atoms with van der Waals surface area (Å²) in [5, 5.41) is 0. The van der Waals surface area contributed by atoms with Crippen LogP contribution in [-0.2, 0) is 20.7 Å². The smallest absolute Gasteiger partial charge is 0.339 e. The van der Waals surface area contributed by atoms with Gasteiger partial charge in [0.05, 0.1) is 11.1 Å². The van der Waals surface area contributed by atoms with E-state index in [1.807, 2.05) is 44.2 Å². The van der Waals surface area contributed by atoms with Gasteiger partial charge in [-0.1, -0.05) is 30.3 Å². The Labute approximate surface area is 164 Å². The van der Waals surface area contributed by atoms with Gasteiger partial charge in [-0.25, -0.2) is 9.59 Å². The van der Waals surface area contributed by atoms with Crippen molar-refractivity contribution in [1.82, 2.24) is 4.90 Å². The van der Waals surface area contributed by atoms with E-state index in [2.05, 4.69) is 0 Å². The highest BCUT2D eigenvalue weighted by Crippen LogP contribution is 2.31. The van der Waals surface area contributed by atoms with Gasteiger partial charge in [0.1, 0.15) is 6.10 Å². The van der Waals surface area contributed by atoms with Crippen molar-refractivity contribution < 1.29 is 23.9 Å². The predicted octanol–water partition coefficient (Wildman–Crippen LogP) is 3.17. The molecule has 0 spiro atoms. The summed E-state index contributed by atoms with van der Waals surface area (Å²) in [4.78, 5) is 38.3. The molecule has 146 valence electrons. The fourth-order valence-electron chi connectivity index (χ4n) is 3.25. The van der Waals surface area contributed by atoms with Crippen molar-refractivity contribution in [2.75, 3.05) is 19.7 Å². The summed E-state index contributed by atoms with van der Waals surface area (Å²) in [6.07, 6.45) is 0.0848. The Morgan fingerprint density at radius 2 is 1.82 bits per heavy atom. The van der Waals surface area contributed by atoms with E-state index in [0.29, 0.717) is 30.6 Å². The van der Waals surface area contributed by atoms with Crippen molar-refractivity contribution in [1.29, 1.82) is 0 Å². The third kappa shape index (κ3) is 4.22. The Bertz CT molecular complexity index is 874. The molecule has 28 heavy (non-hydrogen) atoms. The number of esters is 2. The van der Waals surface area contributed by atoms with Crippen molar-refractivity contribution in [3.05, 3.63) is 70.8 Å². The quantitative estimate of drug-likeness (QED) is 0.719. The van der Waals surface area contributed by atoms with Gasteiger partial charge in [-0.05, 0) is 43.2 Å². The number of amides is 1. The Hall–Kier alpha value is -3.15. The van der Waals surface area contributed by atoms with Crippen LogP contribution in [0.2, 0.25) is 0 Å². The molecule has 0 radical (unpaired) electrons. The molecule has 0 unspecified atom stereocenters. The minimum atomic E-state index is -0.585. The average Bonchev–Trinajstić information content (AvgIpc) is 2.73. The lowest BCUT2D eigenvalue weighted by Crippen LogP contribution is -2.34. The molecule has 1 aliphatic heterocycles. The van der Waals surface area contributed by atoms with E-state index in [0.717, 1.165) is 11.1 Å². The first-order valence-electron chi connectivity index (χ1n) is 9.37. The predicted molar refractivity (Wildman–Crippen MR) is 103 cm³/mol. The van der Waals surface area contributed by atoms with Crippen molar-refractivity contribution in [3.8, 4) is 0 Å². The highest BCUT2D eigenvalue weighted by molar-refractivity contribution is 5.96. The van der Waals surface area contributed by atoms with Gasteiger partial charge in [0.2, 0.25) is 0 Å². The summed E-state index contributed by atoms with van der Waals surface area (Å²) in [7, 11) is 0. The molecular weight excluding hydrogens is 358 g/mol. The number of rotatable bonds is 6. The first-order valence-corrected chi connectivity index (χ1v) is 9.37. The fraction of sp³-hybridized carbons (Fsp3) is 0.318. The zero-order chi connectivity index (χ0) is 20.1. The summed E-state index contributed by atoms with van der Waals surface area (Å²) >= 11 is 0. The Morgan fingerprint density at radius 1 is 1.11 bits per heavy atom. The van der Waals surface area contributed by atoms with Crippen LogP contribution in [-0.4, -0.2) is 42.4 Å². The maximum atomic E-state index is 12.4. The molecule has 0 bridgehead atoms. The number of ether oxygens (including phenoxy) is 2. The lowest BCUT2D eigenvalue weighted by Gasteiger charge is -2.25. The van der Waals surface area contributed by atoms with E-state index in [9.17, 15) is 14.4 Å². The maximum absolute atomic E-state index is 12.4. The molecule has 0 fully saturated rings. The molecule has 1 atom stereocenters. The van der Waals surface area contributed by atoms with Gasteiger partial charge < -0.3 is 14.4 Å². The monoisotopic (exact) mass is 381 g/mol. The van der Waals surface area contributed by atoms with Crippen LogP contribution < -0.4 is 0 Å². The van der Waals surface area contributed by atoms with Crippen molar-refractivity contribution in [2.24, 2.45) is 0 Å². The molecular formula is C22H23NO5. The Morgan fingerprint density at radius 3 is 2.50 bits per heavy atom. The van der Waals surface area contributed by atoms with E-state index < -0.39 is 18.0 Å². The van der Waals surface area contributed by atoms with E-state index in [1.165, 1.54) is 6.07 Å². The van der Waals surface area contributed by atoms with Crippen LogP contribution in [0.1, 0.15) is 51.8 Å². The second kappa shape index (κ2) is 8.69. The first kappa shape index (κ1) is 19.6. The van der Waals surface area contributed by atoms with Crippen LogP contribution in [0, 0.1) is 0 Å². The topological polar surface area (TPSA) is 72.9 Å². The van der Waals surface area contributed by atoms with Crippen molar-refractivity contribution in [2.45, 2.75) is 26.4 Å². The Kier molecular flexibility index (Phi) is 6.09. The SMILES string of the molecule is CCN(CC)C(=O)COC(=O)c1ccc2c(c1)C[C@@H](c1ccccc1)OC2=O. The molecule has 0 aliphatic carbocycles. The number of fused-ring (bicyclic) bond motifs is 1. The number of carbonyl (C=O) groups is 3. The van der Waals surface area contributed by atoms with E-state index in [4.69, 9.17) is 9.47 Å². The highest BCUT2D eigenvalue weighted by atomic mass is 16.5. The summed E-state index contributed by atoms with van der Waals surface area (Å²) in [6.45, 7) is 4.57. The zero-order valence-electron chi connectivity index (χ0n) is 16.0. The lowest BCUT2D eigenvalue weighted by molar-refractivity contribution is -0.134. The first-order chi connectivity index (χ1) is 13.5. The Balaban J connectivity index is 1.73. The average molecular weight is 381 g/mol. The normalized spacial score (nSPS) is 15.4. The van der Waals surface area contributed by atoms with Crippen LogP contribution in [0.25, 0.3) is 0 Å². The van der Waals surface area contributed by atoms with E-state index >= 15 is 0 Å². The molecule has 1 heterocycles. The minimum absolute atomic E-state index is 0.232. The fourth-order valence-corrected chi connectivity index (χ4v) is 3.25. The van der Waals surface area contributed by atoms with Crippen LogP contribution in [0.5, 0.6) is 0 Å². The van der Waals surface area contributed by atoms with Gasteiger partial charge in [-0.15, -0.1) is 0 Å². The van der Waals surface area contributed by atoms with Crippen LogP contribution in [0.15, 0.2) is 48.5 Å². The molecule has 1 aliphatic rings. The van der Waals surface area contributed by atoms with E-state index in [1.54, 1.807) is 17.0 Å². The second-order valence-electron chi connectivity index (χ2n) is 6.52. The summed E-state index contributed by atoms with van der Waals surface area (Å²) < 4.78 is 10.7. The molecule has 6 heteroatoms. The number of likely N-dealkylation sites (N-methyl/N-ethyl adjacent to an activating group) is 1. The molecule has 0 saturated heterocycles. The highest BCUT2D eigenvalue weighted by Gasteiger charge is 2.28. The molecule has 6 nitrogen and oxygen atoms in total.